The van der Waals surface area contributed by atoms with E-state index in [-0.39, 0.29) is 17.9 Å². The maximum Gasteiger partial charge on any atom is 0.129 e. The van der Waals surface area contributed by atoms with Crippen molar-refractivity contribution < 1.29 is 9.50 Å². The molecule has 4 nitrogen and oxygen atoms in total. The number of hydrogen-bond donors (Lipinski definition) is 3. The summed E-state index contributed by atoms with van der Waals surface area (Å²) in [6, 6.07) is 7.07. The Morgan fingerprint density at radius 1 is 1.38 bits per heavy atom. The number of hydrogen-bond acceptors (Lipinski definition) is 4. The summed E-state index contributed by atoms with van der Waals surface area (Å²) in [6.45, 7) is 0.396. The summed E-state index contributed by atoms with van der Waals surface area (Å²) in [4.78, 5) is 4.14. The number of fused-ring (bicyclic) bond motifs is 1. The number of benzene rings is 1. The fraction of sp³-hybridized carbons (Fsp3) is 0.438. The molecule has 1 heterocycles. The van der Waals surface area contributed by atoms with Crippen molar-refractivity contribution >= 4 is 10.9 Å². The number of nitrogens with two attached hydrogens (primary N) is 1. The van der Waals surface area contributed by atoms with Crippen molar-refractivity contribution in [2.75, 3.05) is 0 Å². The van der Waals surface area contributed by atoms with Gasteiger partial charge in [0, 0.05) is 41.8 Å². The summed E-state index contributed by atoms with van der Waals surface area (Å²) in [6.07, 6.45) is 3.50. The van der Waals surface area contributed by atoms with E-state index in [4.69, 9.17) is 5.73 Å². The Labute approximate surface area is 123 Å². The Bertz CT molecular complexity index is 634. The quantitative estimate of drug-likeness (QED) is 0.804. The average molecular weight is 289 g/mol. The van der Waals surface area contributed by atoms with Crippen LogP contribution in [0.2, 0.25) is 0 Å². The Morgan fingerprint density at radius 2 is 2.24 bits per heavy atom. The van der Waals surface area contributed by atoms with Gasteiger partial charge in [-0.1, -0.05) is 6.07 Å². The molecule has 1 aromatic heterocycles. The molecule has 1 aromatic carbocycles. The van der Waals surface area contributed by atoms with Crippen molar-refractivity contribution in [1.82, 2.24) is 10.3 Å². The van der Waals surface area contributed by atoms with Crippen LogP contribution in [0.3, 0.4) is 0 Å². The monoisotopic (exact) mass is 289 g/mol. The molecule has 2 aromatic rings. The second-order valence-electron chi connectivity index (χ2n) is 5.77. The number of aliphatic hydroxyl groups excluding tert-OH is 1. The van der Waals surface area contributed by atoms with Crippen LogP contribution < -0.4 is 11.1 Å². The van der Waals surface area contributed by atoms with E-state index >= 15 is 0 Å². The first-order valence-corrected chi connectivity index (χ1v) is 7.33. The van der Waals surface area contributed by atoms with Gasteiger partial charge in [0.25, 0.3) is 0 Å². The molecule has 5 heteroatoms. The topological polar surface area (TPSA) is 71.2 Å². The van der Waals surface area contributed by atoms with E-state index in [1.54, 1.807) is 6.20 Å². The molecule has 0 amide bonds. The van der Waals surface area contributed by atoms with E-state index in [0.717, 1.165) is 18.2 Å². The minimum absolute atomic E-state index is 0.0196. The van der Waals surface area contributed by atoms with E-state index < -0.39 is 6.10 Å². The molecular weight excluding hydrogens is 269 g/mol. The molecule has 1 aliphatic carbocycles. The SMILES string of the molecule is N[C@H]1CC[C@H](NCc2cc3cccnc3cc2F)C(O)C1. The van der Waals surface area contributed by atoms with Gasteiger partial charge < -0.3 is 16.2 Å². The van der Waals surface area contributed by atoms with Crippen LogP contribution in [0.15, 0.2) is 30.5 Å². The summed E-state index contributed by atoms with van der Waals surface area (Å²) >= 11 is 0. The number of halogens is 1. The van der Waals surface area contributed by atoms with Crippen molar-refractivity contribution in [2.45, 2.75) is 44.0 Å². The van der Waals surface area contributed by atoms with E-state index in [1.807, 2.05) is 18.2 Å². The summed E-state index contributed by atoms with van der Waals surface area (Å²) < 4.78 is 14.1. The van der Waals surface area contributed by atoms with Crippen LogP contribution in [0.25, 0.3) is 10.9 Å². The molecule has 112 valence electrons. The Kier molecular flexibility index (Phi) is 4.14. The first kappa shape index (κ1) is 14.4. The summed E-state index contributed by atoms with van der Waals surface area (Å²) in [5.74, 6) is -0.268. The lowest BCUT2D eigenvalue weighted by molar-refractivity contribution is 0.0817. The van der Waals surface area contributed by atoms with Crippen molar-refractivity contribution in [1.29, 1.82) is 0 Å². The fourth-order valence-corrected chi connectivity index (χ4v) is 2.93. The van der Waals surface area contributed by atoms with Crippen LogP contribution in [0.4, 0.5) is 4.39 Å². The predicted octanol–water partition coefficient (Wildman–Crippen LogP) is 1.70. The number of nitrogens with one attached hydrogen (secondary N) is 1. The van der Waals surface area contributed by atoms with Crippen LogP contribution >= 0.6 is 0 Å². The lowest BCUT2D eigenvalue weighted by atomic mass is 9.89. The third-order valence-corrected chi connectivity index (χ3v) is 4.18. The molecule has 1 saturated carbocycles. The average Bonchev–Trinajstić information content (AvgIpc) is 2.46. The van der Waals surface area contributed by atoms with Gasteiger partial charge in [0.1, 0.15) is 5.82 Å². The number of aromatic nitrogens is 1. The highest BCUT2D eigenvalue weighted by Crippen LogP contribution is 2.20. The highest BCUT2D eigenvalue weighted by atomic mass is 19.1. The van der Waals surface area contributed by atoms with Crippen molar-refractivity contribution in [3.8, 4) is 0 Å². The molecule has 21 heavy (non-hydrogen) atoms. The zero-order valence-electron chi connectivity index (χ0n) is 11.8. The Hall–Kier alpha value is -1.56. The van der Waals surface area contributed by atoms with Crippen molar-refractivity contribution in [3.63, 3.8) is 0 Å². The maximum absolute atomic E-state index is 14.1. The summed E-state index contributed by atoms with van der Waals surface area (Å²) in [5, 5.41) is 14.2. The highest BCUT2D eigenvalue weighted by molar-refractivity contribution is 5.79. The van der Waals surface area contributed by atoms with Gasteiger partial charge >= 0.3 is 0 Å². The fourth-order valence-electron chi connectivity index (χ4n) is 2.93. The molecule has 4 N–H and O–H groups in total. The predicted molar refractivity (Wildman–Crippen MR) is 80.2 cm³/mol. The van der Waals surface area contributed by atoms with Crippen LogP contribution in [0, 0.1) is 5.82 Å². The minimum Gasteiger partial charge on any atom is -0.391 e. The van der Waals surface area contributed by atoms with Gasteiger partial charge in [0.2, 0.25) is 0 Å². The second-order valence-corrected chi connectivity index (χ2v) is 5.77. The molecule has 0 aliphatic heterocycles. The minimum atomic E-state index is -0.459. The standard InChI is InChI=1S/C16H20FN3O/c17-13-8-15-10(2-1-5-19-15)6-11(13)9-20-14-4-3-12(18)7-16(14)21/h1-2,5-6,8,12,14,16,20-21H,3-4,7,9,18H2/t12-,14-,16?/m0/s1. The van der Waals surface area contributed by atoms with Gasteiger partial charge in [-0.05, 0) is 31.4 Å². The molecule has 1 unspecified atom stereocenters. The molecule has 0 saturated heterocycles. The largest absolute Gasteiger partial charge is 0.391 e. The zero-order chi connectivity index (χ0) is 14.8. The molecule has 0 spiro atoms. The number of rotatable bonds is 3. The van der Waals surface area contributed by atoms with Gasteiger partial charge in [-0.3, -0.25) is 4.98 Å². The van der Waals surface area contributed by atoms with E-state index in [2.05, 4.69) is 10.3 Å². The Balaban J connectivity index is 1.71. The van der Waals surface area contributed by atoms with Crippen molar-refractivity contribution in [3.05, 3.63) is 41.8 Å². The third-order valence-electron chi connectivity index (χ3n) is 4.18. The van der Waals surface area contributed by atoms with E-state index in [1.165, 1.54) is 6.07 Å². The van der Waals surface area contributed by atoms with Crippen LogP contribution in [0.1, 0.15) is 24.8 Å². The number of nitrogens with zero attached hydrogens (tertiary/aromatic N) is 1. The maximum atomic E-state index is 14.1. The molecule has 0 bridgehead atoms. The van der Waals surface area contributed by atoms with Gasteiger partial charge in [-0.2, -0.15) is 0 Å². The van der Waals surface area contributed by atoms with Gasteiger partial charge in [-0.15, -0.1) is 0 Å². The van der Waals surface area contributed by atoms with Gasteiger partial charge in [0.05, 0.1) is 11.6 Å². The molecule has 3 atom stereocenters. The smallest absolute Gasteiger partial charge is 0.129 e. The zero-order valence-corrected chi connectivity index (χ0v) is 11.8. The highest BCUT2D eigenvalue weighted by Gasteiger charge is 2.26. The summed E-state index contributed by atoms with van der Waals surface area (Å²) in [7, 11) is 0. The molecule has 0 radical (unpaired) electrons. The lowest BCUT2D eigenvalue weighted by Gasteiger charge is -2.32. The number of pyridine rings is 1. The third kappa shape index (κ3) is 3.20. The van der Waals surface area contributed by atoms with Crippen LogP contribution in [-0.4, -0.2) is 28.3 Å². The summed E-state index contributed by atoms with van der Waals surface area (Å²) in [5.41, 5.74) is 7.08. The van der Waals surface area contributed by atoms with Crippen molar-refractivity contribution in [2.24, 2.45) is 5.73 Å². The lowest BCUT2D eigenvalue weighted by Crippen LogP contribution is -2.47. The first-order chi connectivity index (χ1) is 10.1. The molecular formula is C16H20FN3O. The second kappa shape index (κ2) is 6.05. The van der Waals surface area contributed by atoms with Crippen LogP contribution in [-0.2, 0) is 6.54 Å². The molecule has 3 rings (SSSR count). The van der Waals surface area contributed by atoms with E-state index in [0.29, 0.717) is 24.0 Å². The van der Waals surface area contributed by atoms with Gasteiger partial charge in [-0.25, -0.2) is 4.39 Å². The van der Waals surface area contributed by atoms with E-state index in [9.17, 15) is 9.50 Å². The normalized spacial score (nSPS) is 26.1. The Morgan fingerprint density at radius 3 is 3.05 bits per heavy atom. The molecule has 1 fully saturated rings. The van der Waals surface area contributed by atoms with Crippen LogP contribution in [0.5, 0.6) is 0 Å². The number of aliphatic hydroxyl groups is 1. The first-order valence-electron chi connectivity index (χ1n) is 7.33. The molecule has 1 aliphatic rings. The van der Waals surface area contributed by atoms with Gasteiger partial charge in [0.15, 0.2) is 0 Å².